The zero-order chi connectivity index (χ0) is 8.97. The molecule has 1 aromatic carbocycles. The number of nitrogens with two attached hydrogens (primary N) is 1. The number of aryl methyl sites for hydroxylation is 1. The van der Waals surface area contributed by atoms with Crippen LogP contribution in [0.5, 0.6) is 5.75 Å². The Kier molecular flexibility index (Phi) is 2.94. The first kappa shape index (κ1) is 8.87. The van der Waals surface area contributed by atoms with Crippen LogP contribution in [0.25, 0.3) is 0 Å². The van der Waals surface area contributed by atoms with E-state index in [9.17, 15) is 0 Å². The molecule has 0 fully saturated rings. The molecule has 0 spiro atoms. The molecule has 0 bridgehead atoms. The fourth-order valence-electron chi connectivity index (χ4n) is 1.05. The van der Waals surface area contributed by atoms with Crippen LogP contribution in [0.3, 0.4) is 0 Å². The molecule has 12 heavy (non-hydrogen) atoms. The van der Waals surface area contributed by atoms with Crippen LogP contribution in [-0.2, 0) is 0 Å². The molecule has 66 valence electrons. The van der Waals surface area contributed by atoms with E-state index in [0.29, 0.717) is 6.61 Å². The first-order valence-electron chi connectivity index (χ1n) is 3.98. The highest BCUT2D eigenvalue weighted by Gasteiger charge is 1.97. The fourth-order valence-corrected chi connectivity index (χ4v) is 1.05. The number of rotatable bonds is 3. The van der Waals surface area contributed by atoms with Crippen molar-refractivity contribution in [2.24, 2.45) is 5.84 Å². The average Bonchev–Trinajstić information content (AvgIpc) is 2.05. The normalized spacial score (nSPS) is 9.58. The summed E-state index contributed by atoms with van der Waals surface area (Å²) < 4.78 is 5.32. The van der Waals surface area contributed by atoms with E-state index < -0.39 is 0 Å². The minimum Gasteiger partial charge on any atom is -0.494 e. The fraction of sp³-hybridized carbons (Fsp3) is 0.333. The number of anilines is 1. The van der Waals surface area contributed by atoms with Crippen LogP contribution in [0.2, 0.25) is 0 Å². The van der Waals surface area contributed by atoms with Crippen molar-refractivity contribution in [2.45, 2.75) is 13.8 Å². The minimum atomic E-state index is 0.689. The van der Waals surface area contributed by atoms with Crippen LogP contribution >= 0.6 is 0 Å². The maximum absolute atomic E-state index is 5.32. The molecular weight excluding hydrogens is 152 g/mol. The lowest BCUT2D eigenvalue weighted by molar-refractivity contribution is 0.340. The summed E-state index contributed by atoms with van der Waals surface area (Å²) >= 11 is 0. The lowest BCUT2D eigenvalue weighted by Crippen LogP contribution is -2.08. The van der Waals surface area contributed by atoms with E-state index in [-0.39, 0.29) is 0 Å². The number of hydrogen-bond donors (Lipinski definition) is 2. The summed E-state index contributed by atoms with van der Waals surface area (Å²) in [5.41, 5.74) is 4.62. The Labute approximate surface area is 72.5 Å². The van der Waals surface area contributed by atoms with Crippen LogP contribution in [0.15, 0.2) is 18.2 Å². The molecule has 0 radical (unpaired) electrons. The zero-order valence-electron chi connectivity index (χ0n) is 7.42. The second-order valence-electron chi connectivity index (χ2n) is 2.55. The Morgan fingerprint density at radius 2 is 2.25 bits per heavy atom. The van der Waals surface area contributed by atoms with Gasteiger partial charge in [0.05, 0.1) is 12.3 Å². The Hall–Kier alpha value is -1.22. The first-order valence-corrected chi connectivity index (χ1v) is 3.98. The summed E-state index contributed by atoms with van der Waals surface area (Å²) in [6.45, 7) is 4.64. The summed E-state index contributed by atoms with van der Waals surface area (Å²) in [5, 5.41) is 0. The highest BCUT2D eigenvalue weighted by atomic mass is 16.5. The molecule has 3 N–H and O–H groups in total. The SMILES string of the molecule is CCOc1ccc(NN)c(C)c1. The van der Waals surface area contributed by atoms with E-state index in [2.05, 4.69) is 5.43 Å². The number of nitrogens with one attached hydrogen (secondary N) is 1. The van der Waals surface area contributed by atoms with Crippen molar-refractivity contribution >= 4 is 5.69 Å². The van der Waals surface area contributed by atoms with E-state index in [4.69, 9.17) is 10.6 Å². The third-order valence-corrected chi connectivity index (χ3v) is 1.66. The van der Waals surface area contributed by atoms with Gasteiger partial charge in [-0.1, -0.05) is 0 Å². The van der Waals surface area contributed by atoms with E-state index in [1.807, 2.05) is 32.0 Å². The Balaban J connectivity index is 2.86. The predicted octanol–water partition coefficient (Wildman–Crippen LogP) is 1.68. The summed E-state index contributed by atoms with van der Waals surface area (Å²) in [6.07, 6.45) is 0. The second-order valence-corrected chi connectivity index (χ2v) is 2.55. The van der Waals surface area contributed by atoms with Gasteiger partial charge in [0.25, 0.3) is 0 Å². The molecule has 0 atom stereocenters. The number of nitrogen functional groups attached to an aromatic ring is 1. The van der Waals surface area contributed by atoms with Crippen molar-refractivity contribution in [3.8, 4) is 5.75 Å². The smallest absolute Gasteiger partial charge is 0.119 e. The van der Waals surface area contributed by atoms with E-state index in [1.54, 1.807) is 0 Å². The average molecular weight is 166 g/mol. The van der Waals surface area contributed by atoms with Crippen molar-refractivity contribution in [1.82, 2.24) is 0 Å². The highest BCUT2D eigenvalue weighted by molar-refractivity contribution is 5.52. The van der Waals surface area contributed by atoms with Crippen LogP contribution in [-0.4, -0.2) is 6.61 Å². The van der Waals surface area contributed by atoms with Gasteiger partial charge in [-0.2, -0.15) is 0 Å². The van der Waals surface area contributed by atoms with Crippen molar-refractivity contribution in [3.63, 3.8) is 0 Å². The molecule has 0 saturated carbocycles. The molecule has 0 aromatic heterocycles. The quantitative estimate of drug-likeness (QED) is 0.530. The van der Waals surface area contributed by atoms with Gasteiger partial charge in [-0.05, 0) is 37.6 Å². The van der Waals surface area contributed by atoms with Crippen molar-refractivity contribution < 1.29 is 4.74 Å². The van der Waals surface area contributed by atoms with Gasteiger partial charge in [0.2, 0.25) is 0 Å². The summed E-state index contributed by atoms with van der Waals surface area (Å²) in [7, 11) is 0. The topological polar surface area (TPSA) is 47.3 Å². The lowest BCUT2D eigenvalue weighted by Gasteiger charge is -2.07. The summed E-state index contributed by atoms with van der Waals surface area (Å²) in [6, 6.07) is 5.75. The molecular formula is C9H14N2O. The van der Waals surface area contributed by atoms with Crippen LogP contribution < -0.4 is 16.0 Å². The highest BCUT2D eigenvalue weighted by Crippen LogP contribution is 2.20. The van der Waals surface area contributed by atoms with Gasteiger partial charge in [-0.3, -0.25) is 5.84 Å². The Morgan fingerprint density at radius 3 is 2.75 bits per heavy atom. The van der Waals surface area contributed by atoms with Gasteiger partial charge in [0, 0.05) is 0 Å². The largest absolute Gasteiger partial charge is 0.494 e. The molecule has 0 heterocycles. The maximum atomic E-state index is 5.32. The molecule has 1 aromatic rings. The Morgan fingerprint density at radius 1 is 1.50 bits per heavy atom. The first-order chi connectivity index (χ1) is 5.77. The molecule has 0 amide bonds. The van der Waals surface area contributed by atoms with Gasteiger partial charge in [-0.25, -0.2) is 0 Å². The molecule has 0 aliphatic rings. The molecule has 1 rings (SSSR count). The predicted molar refractivity (Wildman–Crippen MR) is 50.2 cm³/mol. The van der Waals surface area contributed by atoms with Crippen LogP contribution in [0.1, 0.15) is 12.5 Å². The summed E-state index contributed by atoms with van der Waals surface area (Å²) in [4.78, 5) is 0. The zero-order valence-corrected chi connectivity index (χ0v) is 7.42. The molecule has 0 aliphatic carbocycles. The molecule has 3 nitrogen and oxygen atoms in total. The van der Waals surface area contributed by atoms with Gasteiger partial charge in [0.1, 0.15) is 5.75 Å². The summed E-state index contributed by atoms with van der Waals surface area (Å²) in [5.74, 6) is 6.17. The Bertz CT molecular complexity index is 261. The van der Waals surface area contributed by atoms with Crippen molar-refractivity contribution in [1.29, 1.82) is 0 Å². The number of hydrazine groups is 1. The second kappa shape index (κ2) is 3.97. The van der Waals surface area contributed by atoms with E-state index in [0.717, 1.165) is 17.0 Å². The molecule has 3 heteroatoms. The molecule has 0 aliphatic heterocycles. The standard InChI is InChI=1S/C9H14N2O/c1-3-12-8-4-5-9(11-10)7(2)6-8/h4-6,11H,3,10H2,1-2H3. The number of hydrogen-bond acceptors (Lipinski definition) is 3. The van der Waals surface area contributed by atoms with E-state index >= 15 is 0 Å². The lowest BCUT2D eigenvalue weighted by atomic mass is 10.2. The van der Waals surface area contributed by atoms with Gasteiger partial charge < -0.3 is 10.2 Å². The molecule has 0 saturated heterocycles. The van der Waals surface area contributed by atoms with Crippen molar-refractivity contribution in [3.05, 3.63) is 23.8 Å². The minimum absolute atomic E-state index is 0.689. The number of benzene rings is 1. The molecule has 0 unspecified atom stereocenters. The van der Waals surface area contributed by atoms with Gasteiger partial charge in [0.15, 0.2) is 0 Å². The third kappa shape index (κ3) is 1.89. The van der Waals surface area contributed by atoms with Gasteiger partial charge in [-0.15, -0.1) is 0 Å². The monoisotopic (exact) mass is 166 g/mol. The maximum Gasteiger partial charge on any atom is 0.119 e. The van der Waals surface area contributed by atoms with E-state index in [1.165, 1.54) is 0 Å². The number of ether oxygens (including phenoxy) is 1. The van der Waals surface area contributed by atoms with Crippen LogP contribution in [0, 0.1) is 6.92 Å². The van der Waals surface area contributed by atoms with Crippen LogP contribution in [0.4, 0.5) is 5.69 Å². The van der Waals surface area contributed by atoms with Gasteiger partial charge >= 0.3 is 0 Å². The van der Waals surface area contributed by atoms with Crippen molar-refractivity contribution in [2.75, 3.05) is 12.0 Å². The third-order valence-electron chi connectivity index (χ3n) is 1.66.